The molecule has 2 nitrogen and oxygen atoms in total. The first kappa shape index (κ1) is 7.58. The second kappa shape index (κ2) is 3.04. The molecule has 0 saturated heterocycles. The maximum absolute atomic E-state index is 4.06. The van der Waals surface area contributed by atoms with Crippen LogP contribution in [0.3, 0.4) is 0 Å². The highest BCUT2D eigenvalue weighted by atomic mass is 15.3. The molecular weight excluding hydrogens is 124 g/mol. The van der Waals surface area contributed by atoms with Gasteiger partial charge in [-0.05, 0) is 11.8 Å². The van der Waals surface area contributed by atoms with Crippen molar-refractivity contribution in [3.63, 3.8) is 0 Å². The van der Waals surface area contributed by atoms with Gasteiger partial charge < -0.3 is 5.43 Å². The smallest absolute Gasteiger partial charge is 0.0361 e. The average Bonchev–Trinajstić information content (AvgIpc) is 1.88. The highest BCUT2D eigenvalue weighted by Crippen LogP contribution is 2.19. The van der Waals surface area contributed by atoms with Crippen molar-refractivity contribution in [2.75, 3.05) is 6.54 Å². The molecule has 0 saturated carbocycles. The minimum absolute atomic E-state index is 0.668. The quantitative estimate of drug-likeness (QED) is 0.586. The van der Waals surface area contributed by atoms with E-state index in [1.54, 1.807) is 0 Å². The Hall–Kier alpha value is -0.530. The van der Waals surface area contributed by atoms with Gasteiger partial charge in [-0.25, -0.2) is 0 Å². The van der Waals surface area contributed by atoms with Gasteiger partial charge in [0, 0.05) is 18.7 Å². The number of nitrogens with zero attached hydrogens (tertiary/aromatic N) is 1. The van der Waals surface area contributed by atoms with Crippen LogP contribution >= 0.6 is 0 Å². The van der Waals surface area contributed by atoms with Gasteiger partial charge >= 0.3 is 0 Å². The fraction of sp³-hybridized carbons (Fsp3) is 0.875. The molecule has 0 fully saturated rings. The van der Waals surface area contributed by atoms with E-state index in [9.17, 15) is 0 Å². The van der Waals surface area contributed by atoms with Gasteiger partial charge in [-0.2, -0.15) is 5.10 Å². The first-order chi connectivity index (χ1) is 4.72. The molecule has 1 aliphatic heterocycles. The van der Waals surface area contributed by atoms with Gasteiger partial charge in [0.2, 0.25) is 0 Å². The van der Waals surface area contributed by atoms with Crippen molar-refractivity contribution in [1.29, 1.82) is 0 Å². The third kappa shape index (κ3) is 1.49. The molecule has 1 aliphatic rings. The van der Waals surface area contributed by atoms with Crippen molar-refractivity contribution in [2.45, 2.75) is 20.8 Å². The van der Waals surface area contributed by atoms with E-state index in [0.717, 1.165) is 18.4 Å². The van der Waals surface area contributed by atoms with Gasteiger partial charge in [-0.3, -0.25) is 0 Å². The fourth-order valence-electron chi connectivity index (χ4n) is 1.45. The van der Waals surface area contributed by atoms with Crippen molar-refractivity contribution in [3.05, 3.63) is 0 Å². The standard InChI is InChI=1S/C8H16N2/c1-6(2)8-5-10-9-4-7(8)3/h5-9H,4H2,1-3H3/t7-,8?/m1/s1. The minimum Gasteiger partial charge on any atom is -0.310 e. The van der Waals surface area contributed by atoms with Crippen LogP contribution < -0.4 is 5.43 Å². The predicted molar refractivity (Wildman–Crippen MR) is 44.0 cm³/mol. The van der Waals surface area contributed by atoms with E-state index < -0.39 is 0 Å². The van der Waals surface area contributed by atoms with Gasteiger partial charge in [0.05, 0.1) is 0 Å². The Labute approximate surface area is 62.7 Å². The Morgan fingerprint density at radius 1 is 1.60 bits per heavy atom. The Morgan fingerprint density at radius 2 is 2.30 bits per heavy atom. The summed E-state index contributed by atoms with van der Waals surface area (Å²) in [4.78, 5) is 0. The van der Waals surface area contributed by atoms with Crippen molar-refractivity contribution in [2.24, 2.45) is 22.9 Å². The van der Waals surface area contributed by atoms with Gasteiger partial charge in [-0.15, -0.1) is 0 Å². The van der Waals surface area contributed by atoms with Crippen LogP contribution in [0.4, 0.5) is 0 Å². The van der Waals surface area contributed by atoms with Gasteiger partial charge in [0.15, 0.2) is 0 Å². The van der Waals surface area contributed by atoms with E-state index in [0.29, 0.717) is 5.92 Å². The van der Waals surface area contributed by atoms with Gasteiger partial charge in [-0.1, -0.05) is 20.8 Å². The zero-order valence-electron chi connectivity index (χ0n) is 6.96. The van der Waals surface area contributed by atoms with Crippen molar-refractivity contribution in [1.82, 2.24) is 5.43 Å². The molecule has 0 aliphatic carbocycles. The van der Waals surface area contributed by atoms with Crippen LogP contribution in [0.2, 0.25) is 0 Å². The summed E-state index contributed by atoms with van der Waals surface area (Å²) in [5.74, 6) is 2.12. The second-order valence-electron chi connectivity index (χ2n) is 3.44. The Morgan fingerprint density at radius 3 is 2.70 bits per heavy atom. The molecule has 2 heteroatoms. The summed E-state index contributed by atoms with van der Waals surface area (Å²) in [5.41, 5.74) is 2.99. The van der Waals surface area contributed by atoms with Gasteiger partial charge in [0.25, 0.3) is 0 Å². The first-order valence-electron chi connectivity index (χ1n) is 3.98. The number of nitrogens with one attached hydrogen (secondary N) is 1. The van der Waals surface area contributed by atoms with Crippen LogP contribution in [0, 0.1) is 17.8 Å². The highest BCUT2D eigenvalue weighted by Gasteiger charge is 2.20. The summed E-state index contributed by atoms with van der Waals surface area (Å²) >= 11 is 0. The summed E-state index contributed by atoms with van der Waals surface area (Å²) in [6.45, 7) is 7.79. The SMILES string of the molecule is CC(C)C1C=NNC[C@H]1C. The minimum atomic E-state index is 0.668. The average molecular weight is 140 g/mol. The molecule has 0 aromatic rings. The Balaban J connectivity index is 2.55. The normalized spacial score (nSPS) is 32.4. The molecule has 1 N–H and O–H groups in total. The molecule has 0 bridgehead atoms. The Bertz CT molecular complexity index is 129. The van der Waals surface area contributed by atoms with Crippen LogP contribution in [0.1, 0.15) is 20.8 Å². The van der Waals surface area contributed by atoms with Crippen LogP contribution in [0.5, 0.6) is 0 Å². The molecular formula is C8H16N2. The molecule has 58 valence electrons. The zero-order chi connectivity index (χ0) is 7.56. The number of rotatable bonds is 1. The van der Waals surface area contributed by atoms with Crippen molar-refractivity contribution < 1.29 is 0 Å². The van der Waals surface area contributed by atoms with Crippen LogP contribution in [0.15, 0.2) is 5.10 Å². The number of hydrogen-bond donors (Lipinski definition) is 1. The van der Waals surface area contributed by atoms with E-state index in [4.69, 9.17) is 0 Å². The molecule has 1 rings (SSSR count). The molecule has 10 heavy (non-hydrogen) atoms. The first-order valence-corrected chi connectivity index (χ1v) is 3.98. The van der Waals surface area contributed by atoms with Crippen molar-refractivity contribution in [3.8, 4) is 0 Å². The molecule has 1 unspecified atom stereocenters. The third-order valence-electron chi connectivity index (χ3n) is 2.18. The summed E-state index contributed by atoms with van der Waals surface area (Å²) in [7, 11) is 0. The fourth-order valence-corrected chi connectivity index (χ4v) is 1.45. The summed E-state index contributed by atoms with van der Waals surface area (Å²) in [5, 5.41) is 4.06. The van der Waals surface area contributed by atoms with Crippen molar-refractivity contribution >= 4 is 6.21 Å². The van der Waals surface area contributed by atoms with E-state index >= 15 is 0 Å². The maximum atomic E-state index is 4.06. The third-order valence-corrected chi connectivity index (χ3v) is 2.18. The molecule has 0 aromatic heterocycles. The topological polar surface area (TPSA) is 24.4 Å². The number of hydrazone groups is 1. The Kier molecular flexibility index (Phi) is 2.30. The summed E-state index contributed by atoms with van der Waals surface area (Å²) in [6.07, 6.45) is 2.04. The van der Waals surface area contributed by atoms with E-state index in [2.05, 4.69) is 31.3 Å². The molecule has 1 heterocycles. The highest BCUT2D eigenvalue weighted by molar-refractivity contribution is 5.61. The largest absolute Gasteiger partial charge is 0.310 e. The number of hydrogen-bond acceptors (Lipinski definition) is 2. The van der Waals surface area contributed by atoms with E-state index in [-0.39, 0.29) is 0 Å². The molecule has 0 radical (unpaired) electrons. The lowest BCUT2D eigenvalue weighted by Gasteiger charge is -2.26. The second-order valence-corrected chi connectivity index (χ2v) is 3.44. The van der Waals surface area contributed by atoms with E-state index in [1.165, 1.54) is 0 Å². The predicted octanol–water partition coefficient (Wildman–Crippen LogP) is 1.48. The summed E-state index contributed by atoms with van der Waals surface area (Å²) in [6, 6.07) is 0. The van der Waals surface area contributed by atoms with Crippen LogP contribution in [-0.4, -0.2) is 12.8 Å². The molecule has 0 amide bonds. The monoisotopic (exact) mass is 140 g/mol. The van der Waals surface area contributed by atoms with Crippen LogP contribution in [-0.2, 0) is 0 Å². The lowest BCUT2D eigenvalue weighted by atomic mass is 9.85. The molecule has 0 aromatic carbocycles. The maximum Gasteiger partial charge on any atom is 0.0361 e. The lowest BCUT2D eigenvalue weighted by Crippen LogP contribution is -2.32. The van der Waals surface area contributed by atoms with Gasteiger partial charge in [0.1, 0.15) is 0 Å². The molecule has 2 atom stereocenters. The lowest BCUT2D eigenvalue weighted by molar-refractivity contribution is 0.332. The van der Waals surface area contributed by atoms with Crippen LogP contribution in [0.25, 0.3) is 0 Å². The molecule has 0 spiro atoms. The zero-order valence-corrected chi connectivity index (χ0v) is 6.96. The van der Waals surface area contributed by atoms with E-state index in [1.807, 2.05) is 6.21 Å². The summed E-state index contributed by atoms with van der Waals surface area (Å²) < 4.78 is 0.